The normalized spacial score (nSPS) is 18.4. The molecule has 3 aromatic rings. The van der Waals surface area contributed by atoms with Crippen molar-refractivity contribution in [3.8, 4) is 11.4 Å². The van der Waals surface area contributed by atoms with Crippen LogP contribution in [0.4, 0.5) is 0 Å². The minimum absolute atomic E-state index is 0.0773. The first-order chi connectivity index (χ1) is 16.5. The number of nitrogens with zero attached hydrogens (tertiary/aromatic N) is 3. The molecule has 1 amide bonds. The summed E-state index contributed by atoms with van der Waals surface area (Å²) in [6.07, 6.45) is 2.24. The SMILES string of the molecule is CC[C@@]1(O)C(=O)OCc2c1cc1n(c2=O)Cc2c-1nc1ccccc1c2/C=N\OCCNC=O. The Morgan fingerprint density at radius 2 is 2.15 bits per heavy atom. The maximum absolute atomic E-state index is 13.4. The summed E-state index contributed by atoms with van der Waals surface area (Å²) in [4.78, 5) is 46.2. The highest BCUT2D eigenvalue weighted by Gasteiger charge is 2.45. The van der Waals surface area contributed by atoms with Crippen molar-refractivity contribution in [3.63, 3.8) is 0 Å². The summed E-state index contributed by atoms with van der Waals surface area (Å²) in [5.74, 6) is -0.759. The molecule has 10 heteroatoms. The molecule has 1 atom stereocenters. The molecule has 0 aliphatic carbocycles. The molecule has 10 nitrogen and oxygen atoms in total. The highest BCUT2D eigenvalue weighted by Crippen LogP contribution is 2.39. The Kier molecular flexibility index (Phi) is 5.37. The Bertz CT molecular complexity index is 1410. The number of rotatable bonds is 7. The highest BCUT2D eigenvalue weighted by atomic mass is 16.6. The topological polar surface area (TPSA) is 132 Å². The highest BCUT2D eigenvalue weighted by molar-refractivity contribution is 6.02. The molecule has 1 aromatic carbocycles. The second kappa shape index (κ2) is 8.38. The van der Waals surface area contributed by atoms with Crippen LogP contribution >= 0.6 is 0 Å². The van der Waals surface area contributed by atoms with E-state index in [1.54, 1.807) is 23.8 Å². The lowest BCUT2D eigenvalue weighted by atomic mass is 9.86. The third-order valence-corrected chi connectivity index (χ3v) is 6.32. The average Bonchev–Trinajstić information content (AvgIpc) is 3.22. The van der Waals surface area contributed by atoms with Crippen LogP contribution in [0.5, 0.6) is 0 Å². The van der Waals surface area contributed by atoms with Gasteiger partial charge in [0.1, 0.15) is 13.2 Å². The number of pyridine rings is 2. The predicted octanol–water partition coefficient (Wildman–Crippen LogP) is 1.18. The van der Waals surface area contributed by atoms with Gasteiger partial charge in [0.2, 0.25) is 6.41 Å². The summed E-state index contributed by atoms with van der Waals surface area (Å²) in [6.45, 7) is 2.26. The standard InChI is InChI=1S/C24H22N4O6/c1-2-24(32)18-9-20-21-16(11-28(20)22(30)17(18)12-33-23(24)31)15(10-26-34-8-7-25-13-29)14-5-3-4-6-19(14)27-21/h3-6,9-10,13,32H,2,7-8,11-12H2,1H3,(H,25,29)/b26-10-/t24-/m0/s1. The number of esters is 1. The van der Waals surface area contributed by atoms with E-state index in [-0.39, 0.29) is 42.9 Å². The number of benzene rings is 1. The van der Waals surface area contributed by atoms with Crippen molar-refractivity contribution in [3.05, 3.63) is 62.9 Å². The number of para-hydroxylation sites is 1. The number of carbonyl (C=O) groups is 2. The Hall–Kier alpha value is -4.05. The zero-order valence-electron chi connectivity index (χ0n) is 18.4. The number of aliphatic hydroxyl groups is 1. The number of cyclic esters (lactones) is 1. The zero-order valence-corrected chi connectivity index (χ0v) is 18.4. The molecule has 0 spiro atoms. The monoisotopic (exact) mass is 462 g/mol. The van der Waals surface area contributed by atoms with Gasteiger partial charge in [0, 0.05) is 22.1 Å². The molecule has 2 aliphatic rings. The number of hydrogen-bond acceptors (Lipinski definition) is 8. The van der Waals surface area contributed by atoms with E-state index in [1.807, 2.05) is 24.3 Å². The molecular formula is C24H22N4O6. The van der Waals surface area contributed by atoms with Gasteiger partial charge in [-0.05, 0) is 18.6 Å². The summed E-state index contributed by atoms with van der Waals surface area (Å²) in [6, 6.07) is 9.21. The minimum atomic E-state index is -1.88. The maximum Gasteiger partial charge on any atom is 0.343 e. The van der Waals surface area contributed by atoms with Crippen LogP contribution in [0.2, 0.25) is 0 Å². The van der Waals surface area contributed by atoms with E-state index >= 15 is 0 Å². The van der Waals surface area contributed by atoms with E-state index in [9.17, 15) is 19.5 Å². The lowest BCUT2D eigenvalue weighted by Crippen LogP contribution is -2.44. The van der Waals surface area contributed by atoms with Crippen molar-refractivity contribution >= 4 is 29.5 Å². The molecule has 2 aromatic heterocycles. The first-order valence-corrected chi connectivity index (χ1v) is 10.9. The third kappa shape index (κ3) is 3.26. The summed E-state index contributed by atoms with van der Waals surface area (Å²) in [5, 5.41) is 18.4. The minimum Gasteiger partial charge on any atom is -0.458 e. The Morgan fingerprint density at radius 3 is 2.94 bits per heavy atom. The Morgan fingerprint density at radius 1 is 1.32 bits per heavy atom. The zero-order chi connectivity index (χ0) is 23.9. The second-order valence-electron chi connectivity index (χ2n) is 8.11. The van der Waals surface area contributed by atoms with Gasteiger partial charge in [0.15, 0.2) is 5.60 Å². The number of nitrogens with one attached hydrogen (secondary N) is 1. The summed E-state index contributed by atoms with van der Waals surface area (Å²) in [7, 11) is 0. The number of ether oxygens (including phenoxy) is 1. The molecule has 0 radical (unpaired) electrons. The van der Waals surface area contributed by atoms with Gasteiger partial charge < -0.3 is 24.6 Å². The van der Waals surface area contributed by atoms with Crippen LogP contribution in [-0.4, -0.2) is 46.4 Å². The van der Waals surface area contributed by atoms with E-state index in [2.05, 4.69) is 10.5 Å². The molecule has 4 heterocycles. The van der Waals surface area contributed by atoms with E-state index in [0.717, 1.165) is 16.5 Å². The molecule has 5 rings (SSSR count). The predicted molar refractivity (Wildman–Crippen MR) is 122 cm³/mol. The Balaban J connectivity index is 1.66. The third-order valence-electron chi connectivity index (χ3n) is 6.32. The van der Waals surface area contributed by atoms with E-state index < -0.39 is 11.6 Å². The van der Waals surface area contributed by atoms with Crippen molar-refractivity contribution in [2.75, 3.05) is 13.2 Å². The van der Waals surface area contributed by atoms with Crippen LogP contribution in [0.1, 0.15) is 35.6 Å². The summed E-state index contributed by atoms with van der Waals surface area (Å²) >= 11 is 0. The van der Waals surface area contributed by atoms with Gasteiger partial charge in [-0.1, -0.05) is 30.3 Å². The Labute approximate surface area is 193 Å². The second-order valence-corrected chi connectivity index (χ2v) is 8.11. The fraction of sp³-hybridized carbons (Fsp3) is 0.292. The van der Waals surface area contributed by atoms with Gasteiger partial charge in [0.25, 0.3) is 5.56 Å². The largest absolute Gasteiger partial charge is 0.458 e. The van der Waals surface area contributed by atoms with Crippen molar-refractivity contribution < 1.29 is 24.3 Å². The lowest BCUT2D eigenvalue weighted by molar-refractivity contribution is -0.172. The van der Waals surface area contributed by atoms with Crippen LogP contribution in [0, 0.1) is 0 Å². The lowest BCUT2D eigenvalue weighted by Gasteiger charge is -2.31. The van der Waals surface area contributed by atoms with Gasteiger partial charge in [-0.2, -0.15) is 0 Å². The number of hydrogen-bond donors (Lipinski definition) is 2. The quantitative estimate of drug-likeness (QED) is 0.139. The maximum atomic E-state index is 13.4. The number of carbonyl (C=O) groups excluding carboxylic acids is 2. The molecule has 2 aliphatic heterocycles. The van der Waals surface area contributed by atoms with E-state index in [1.165, 1.54) is 0 Å². The van der Waals surface area contributed by atoms with Gasteiger partial charge >= 0.3 is 5.97 Å². The number of oxime groups is 1. The van der Waals surface area contributed by atoms with Gasteiger partial charge in [-0.25, -0.2) is 9.78 Å². The fourth-order valence-corrected chi connectivity index (χ4v) is 4.51. The fourth-order valence-electron chi connectivity index (χ4n) is 4.51. The van der Waals surface area contributed by atoms with Crippen LogP contribution in [0.15, 0.2) is 40.3 Å². The smallest absolute Gasteiger partial charge is 0.343 e. The van der Waals surface area contributed by atoms with Crippen LogP contribution < -0.4 is 10.9 Å². The van der Waals surface area contributed by atoms with E-state index in [4.69, 9.17) is 14.6 Å². The molecule has 0 bridgehead atoms. The molecule has 34 heavy (non-hydrogen) atoms. The van der Waals surface area contributed by atoms with Crippen molar-refractivity contribution in [1.82, 2.24) is 14.9 Å². The average molecular weight is 462 g/mol. The molecule has 0 fully saturated rings. The van der Waals surface area contributed by atoms with Crippen molar-refractivity contribution in [2.45, 2.75) is 32.1 Å². The van der Waals surface area contributed by atoms with Gasteiger partial charge in [-0.15, -0.1) is 0 Å². The van der Waals surface area contributed by atoms with Crippen molar-refractivity contribution in [2.24, 2.45) is 5.16 Å². The molecular weight excluding hydrogens is 440 g/mol. The number of fused-ring (bicyclic) bond motifs is 5. The molecule has 0 unspecified atom stereocenters. The van der Waals surface area contributed by atoms with Crippen LogP contribution in [0.25, 0.3) is 22.3 Å². The number of aromatic nitrogens is 2. The van der Waals surface area contributed by atoms with Crippen LogP contribution in [-0.2, 0) is 37.9 Å². The van der Waals surface area contributed by atoms with Gasteiger partial charge in [-0.3, -0.25) is 9.59 Å². The molecule has 0 saturated carbocycles. The van der Waals surface area contributed by atoms with E-state index in [0.29, 0.717) is 29.9 Å². The first-order valence-electron chi connectivity index (χ1n) is 10.9. The molecule has 0 saturated heterocycles. The summed E-state index contributed by atoms with van der Waals surface area (Å²) in [5.41, 5.74) is 1.68. The van der Waals surface area contributed by atoms with Gasteiger partial charge in [0.05, 0.1) is 41.8 Å². The first kappa shape index (κ1) is 21.8. The molecule has 2 N–H and O–H groups in total. The van der Waals surface area contributed by atoms with Crippen molar-refractivity contribution in [1.29, 1.82) is 0 Å². The van der Waals surface area contributed by atoms with Crippen LogP contribution in [0.3, 0.4) is 0 Å². The molecule has 174 valence electrons. The summed E-state index contributed by atoms with van der Waals surface area (Å²) < 4.78 is 6.71. The number of amides is 1.